The van der Waals surface area contributed by atoms with Crippen LogP contribution in [-0.2, 0) is 0 Å². The van der Waals surface area contributed by atoms with Gasteiger partial charge in [0.2, 0.25) is 0 Å². The van der Waals surface area contributed by atoms with Crippen LogP contribution in [0.5, 0.6) is 0 Å². The molecule has 0 bridgehead atoms. The highest BCUT2D eigenvalue weighted by atomic mass is 16.2. The Balaban J connectivity index is 1.85. The number of nitrogens with one attached hydrogen (secondary N) is 1. The fourth-order valence-corrected chi connectivity index (χ4v) is 3.26. The van der Waals surface area contributed by atoms with Crippen molar-refractivity contribution in [2.24, 2.45) is 0 Å². The summed E-state index contributed by atoms with van der Waals surface area (Å²) in [4.78, 5) is 15.1. The first-order valence-electron chi connectivity index (χ1n) is 9.27. The molecule has 0 spiro atoms. The smallest absolute Gasteiger partial charge is 0.258 e. The third kappa shape index (κ3) is 4.70. The first kappa shape index (κ1) is 18.2. The number of carbonyl (C=O) groups excluding carboxylic acids is 1. The Labute approximate surface area is 156 Å². The highest BCUT2D eigenvalue weighted by molar-refractivity contribution is 5.95. The normalized spacial score (nSPS) is 17.6. The molecule has 1 amide bonds. The molecule has 26 heavy (non-hydrogen) atoms. The predicted octanol–water partition coefficient (Wildman–Crippen LogP) is 4.50. The maximum atomic E-state index is 13.2. The van der Waals surface area contributed by atoms with E-state index in [1.54, 1.807) is 0 Å². The number of nitrogens with zero attached hydrogens (tertiary/aromatic N) is 1. The van der Waals surface area contributed by atoms with Crippen molar-refractivity contribution in [1.29, 1.82) is 0 Å². The van der Waals surface area contributed by atoms with E-state index in [9.17, 15) is 4.79 Å². The van der Waals surface area contributed by atoms with Crippen molar-refractivity contribution in [3.8, 4) is 0 Å². The molecule has 1 aliphatic heterocycles. The molecule has 134 valence electrons. The third-order valence-electron chi connectivity index (χ3n) is 4.68. The van der Waals surface area contributed by atoms with Crippen molar-refractivity contribution in [3.63, 3.8) is 0 Å². The summed E-state index contributed by atoms with van der Waals surface area (Å²) < 4.78 is 0. The van der Waals surface area contributed by atoms with E-state index >= 15 is 0 Å². The fraction of sp³-hybridized carbons (Fsp3) is 0.261. The topological polar surface area (TPSA) is 32.3 Å². The van der Waals surface area contributed by atoms with Gasteiger partial charge in [0.05, 0.1) is 0 Å². The molecule has 1 heterocycles. The lowest BCUT2D eigenvalue weighted by Gasteiger charge is -2.27. The van der Waals surface area contributed by atoms with Crippen LogP contribution in [0.2, 0.25) is 0 Å². The van der Waals surface area contributed by atoms with Gasteiger partial charge < -0.3 is 10.2 Å². The Bertz CT molecular complexity index is 759. The highest BCUT2D eigenvalue weighted by Crippen LogP contribution is 2.18. The Morgan fingerprint density at radius 2 is 1.81 bits per heavy atom. The van der Waals surface area contributed by atoms with Crippen molar-refractivity contribution < 1.29 is 4.79 Å². The Morgan fingerprint density at radius 1 is 1.12 bits per heavy atom. The lowest BCUT2D eigenvalue weighted by Crippen LogP contribution is -2.40. The summed E-state index contributed by atoms with van der Waals surface area (Å²) in [6, 6.07) is 20.0. The van der Waals surface area contributed by atoms with Gasteiger partial charge in [-0.2, -0.15) is 0 Å². The zero-order chi connectivity index (χ0) is 18.2. The molecule has 3 rings (SSSR count). The van der Waals surface area contributed by atoms with Crippen LogP contribution in [0.15, 0.2) is 78.5 Å². The second-order valence-electron chi connectivity index (χ2n) is 6.53. The van der Waals surface area contributed by atoms with Crippen molar-refractivity contribution in [1.82, 2.24) is 10.2 Å². The number of rotatable bonds is 6. The molecular formula is C23H26N2O. The van der Waals surface area contributed by atoms with Crippen molar-refractivity contribution in [3.05, 3.63) is 89.6 Å². The van der Waals surface area contributed by atoms with Crippen LogP contribution in [0.4, 0.5) is 0 Å². The van der Waals surface area contributed by atoms with Crippen LogP contribution in [-0.4, -0.2) is 29.9 Å². The number of hydrogen-bond donors (Lipinski definition) is 1. The van der Waals surface area contributed by atoms with Gasteiger partial charge in [0, 0.05) is 23.8 Å². The first-order chi connectivity index (χ1) is 12.8. The van der Waals surface area contributed by atoms with E-state index in [1.165, 1.54) is 6.42 Å². The maximum Gasteiger partial charge on any atom is 0.258 e. The fourth-order valence-electron chi connectivity index (χ4n) is 3.26. The molecule has 1 unspecified atom stereocenters. The van der Waals surface area contributed by atoms with Gasteiger partial charge in [0.25, 0.3) is 5.91 Å². The van der Waals surface area contributed by atoms with Crippen LogP contribution >= 0.6 is 0 Å². The molecule has 1 N–H and O–H groups in total. The van der Waals surface area contributed by atoms with Crippen LogP contribution in [0, 0.1) is 0 Å². The predicted molar refractivity (Wildman–Crippen MR) is 108 cm³/mol. The zero-order valence-corrected chi connectivity index (χ0v) is 15.3. The second kappa shape index (κ2) is 9.16. The minimum atomic E-state index is 0.0464. The largest absolute Gasteiger partial charge is 0.312 e. The summed E-state index contributed by atoms with van der Waals surface area (Å²) in [6.45, 7) is 3.70. The summed E-state index contributed by atoms with van der Waals surface area (Å²) >= 11 is 0. The molecule has 0 radical (unpaired) electrons. The Kier molecular flexibility index (Phi) is 6.39. The van der Waals surface area contributed by atoms with E-state index in [-0.39, 0.29) is 5.91 Å². The number of benzene rings is 2. The molecule has 1 saturated heterocycles. The molecule has 0 aliphatic carbocycles. The molecule has 2 aromatic rings. The molecule has 0 saturated carbocycles. The lowest BCUT2D eigenvalue weighted by molar-refractivity contribution is 0.0800. The first-order valence-corrected chi connectivity index (χ1v) is 9.27. The molecule has 1 atom stereocenters. The molecule has 1 fully saturated rings. The Hall–Kier alpha value is -2.65. The maximum absolute atomic E-state index is 13.2. The van der Waals surface area contributed by atoms with Crippen molar-refractivity contribution in [2.45, 2.75) is 25.8 Å². The second-order valence-corrected chi connectivity index (χ2v) is 6.53. The van der Waals surface area contributed by atoms with Gasteiger partial charge in [-0.25, -0.2) is 0 Å². The summed E-state index contributed by atoms with van der Waals surface area (Å²) in [7, 11) is 0. The number of carbonyl (C=O) groups is 1. The molecule has 1 aliphatic rings. The van der Waals surface area contributed by atoms with Gasteiger partial charge in [-0.15, -0.1) is 0 Å². The van der Waals surface area contributed by atoms with Gasteiger partial charge in [0.1, 0.15) is 0 Å². The van der Waals surface area contributed by atoms with Crippen molar-refractivity contribution in [2.75, 3.05) is 13.1 Å². The van der Waals surface area contributed by atoms with Gasteiger partial charge in [-0.05, 0) is 50.1 Å². The average molecular weight is 346 g/mol. The van der Waals surface area contributed by atoms with E-state index in [0.29, 0.717) is 12.6 Å². The lowest BCUT2D eigenvalue weighted by atomic mass is 10.1. The number of allylic oxidation sites excluding steroid dienone is 2. The van der Waals surface area contributed by atoms with Crippen LogP contribution in [0.1, 0.15) is 35.7 Å². The molecule has 2 aromatic carbocycles. The van der Waals surface area contributed by atoms with E-state index in [0.717, 1.165) is 29.8 Å². The van der Waals surface area contributed by atoms with Gasteiger partial charge >= 0.3 is 0 Å². The van der Waals surface area contributed by atoms with Crippen LogP contribution < -0.4 is 5.32 Å². The van der Waals surface area contributed by atoms with Crippen LogP contribution in [0.3, 0.4) is 0 Å². The molecule has 0 aromatic heterocycles. The minimum Gasteiger partial charge on any atom is -0.312 e. The average Bonchev–Trinajstić information content (AvgIpc) is 3.22. The summed E-state index contributed by atoms with van der Waals surface area (Å²) in [5.74, 6) is 0.0464. The van der Waals surface area contributed by atoms with Gasteiger partial charge in [0.15, 0.2) is 0 Å². The SMILES string of the molecule is CC=C(C=Cc1ccccc1)N(CC1CCCN1)C(=O)c1ccccc1. The van der Waals surface area contributed by atoms with E-state index in [2.05, 4.69) is 23.5 Å². The quantitative estimate of drug-likeness (QED) is 0.781. The van der Waals surface area contributed by atoms with Gasteiger partial charge in [-0.3, -0.25) is 4.79 Å². The van der Waals surface area contributed by atoms with E-state index < -0.39 is 0 Å². The molecule has 3 heteroatoms. The third-order valence-corrected chi connectivity index (χ3v) is 4.68. The minimum absolute atomic E-state index is 0.0464. The molecule has 3 nitrogen and oxygen atoms in total. The number of hydrogen-bond acceptors (Lipinski definition) is 2. The highest BCUT2D eigenvalue weighted by Gasteiger charge is 2.24. The summed E-state index contributed by atoms with van der Waals surface area (Å²) in [6.07, 6.45) is 8.38. The van der Waals surface area contributed by atoms with E-state index in [4.69, 9.17) is 0 Å². The van der Waals surface area contributed by atoms with E-state index in [1.807, 2.05) is 72.5 Å². The summed E-state index contributed by atoms with van der Waals surface area (Å²) in [5.41, 5.74) is 2.77. The summed E-state index contributed by atoms with van der Waals surface area (Å²) in [5, 5.41) is 3.50. The number of amides is 1. The monoisotopic (exact) mass is 346 g/mol. The van der Waals surface area contributed by atoms with Gasteiger partial charge in [-0.1, -0.05) is 60.7 Å². The standard InChI is InChI=1S/C23H26N2O/c1-2-22(16-15-19-10-5-3-6-11-19)25(18-21-14-9-17-24-21)23(26)20-12-7-4-8-13-20/h2-8,10-13,15-16,21,24H,9,14,17-18H2,1H3. The molecular weight excluding hydrogens is 320 g/mol. The van der Waals surface area contributed by atoms with Crippen LogP contribution in [0.25, 0.3) is 6.08 Å². The van der Waals surface area contributed by atoms with Crippen molar-refractivity contribution >= 4 is 12.0 Å². The Morgan fingerprint density at radius 3 is 2.42 bits per heavy atom. The zero-order valence-electron chi connectivity index (χ0n) is 15.3.